The third-order valence-corrected chi connectivity index (χ3v) is 7.65. The first kappa shape index (κ1) is 22.4. The molecule has 1 amide bonds. The standard InChI is InChI=1S/C24H26N2O4S2/c1-3-12-30-22-9-8-21(14-17(22)2)32(28,29)25-20-7-6-18-10-11-26(16-19(18)15-20)24(27)23-5-4-13-31-23/h4-9,13-15,25H,3,10-12,16H2,1-2H3. The van der Waals surface area contributed by atoms with Gasteiger partial charge in [-0.1, -0.05) is 19.1 Å². The molecule has 0 saturated carbocycles. The van der Waals surface area contributed by atoms with Crippen molar-refractivity contribution in [1.29, 1.82) is 0 Å². The average Bonchev–Trinajstić information content (AvgIpc) is 3.32. The van der Waals surface area contributed by atoms with Gasteiger partial charge >= 0.3 is 0 Å². The number of nitrogens with zero attached hydrogens (tertiary/aromatic N) is 1. The van der Waals surface area contributed by atoms with Crippen LogP contribution in [0.4, 0.5) is 5.69 Å². The molecular formula is C24H26N2O4S2. The fourth-order valence-electron chi connectivity index (χ4n) is 3.73. The van der Waals surface area contributed by atoms with E-state index in [1.54, 1.807) is 24.3 Å². The highest BCUT2D eigenvalue weighted by Gasteiger charge is 2.23. The quantitative estimate of drug-likeness (QED) is 0.536. The third kappa shape index (κ3) is 4.81. The molecule has 1 aromatic heterocycles. The van der Waals surface area contributed by atoms with Gasteiger partial charge in [-0.2, -0.15) is 0 Å². The van der Waals surface area contributed by atoms with Gasteiger partial charge in [0, 0.05) is 18.8 Å². The fourth-order valence-corrected chi connectivity index (χ4v) is 5.55. The first-order valence-corrected chi connectivity index (χ1v) is 12.9. The zero-order valence-corrected chi connectivity index (χ0v) is 19.8. The number of thiophene rings is 1. The fraction of sp³-hybridized carbons (Fsp3) is 0.292. The summed E-state index contributed by atoms with van der Waals surface area (Å²) in [7, 11) is -3.75. The van der Waals surface area contributed by atoms with Gasteiger partial charge in [-0.05, 0) is 78.2 Å². The summed E-state index contributed by atoms with van der Waals surface area (Å²) in [5.41, 5.74) is 3.35. The number of amides is 1. The Morgan fingerprint density at radius 3 is 2.72 bits per heavy atom. The number of benzene rings is 2. The van der Waals surface area contributed by atoms with E-state index in [1.165, 1.54) is 11.3 Å². The maximum atomic E-state index is 13.0. The molecule has 1 aliphatic heterocycles. The molecule has 32 heavy (non-hydrogen) atoms. The van der Waals surface area contributed by atoms with Crippen LogP contribution < -0.4 is 9.46 Å². The largest absolute Gasteiger partial charge is 0.493 e. The molecule has 0 radical (unpaired) electrons. The first-order valence-electron chi connectivity index (χ1n) is 10.6. The second-order valence-electron chi connectivity index (χ2n) is 7.82. The minimum absolute atomic E-state index is 0.0116. The van der Waals surface area contributed by atoms with Crippen molar-refractivity contribution in [1.82, 2.24) is 4.90 Å². The number of hydrogen-bond acceptors (Lipinski definition) is 5. The molecule has 0 bridgehead atoms. The summed E-state index contributed by atoms with van der Waals surface area (Å²) >= 11 is 1.43. The van der Waals surface area contributed by atoms with Crippen LogP contribution in [0.3, 0.4) is 0 Å². The monoisotopic (exact) mass is 470 g/mol. The van der Waals surface area contributed by atoms with Crippen molar-refractivity contribution in [2.75, 3.05) is 17.9 Å². The summed E-state index contributed by atoms with van der Waals surface area (Å²) in [6, 6.07) is 14.1. The van der Waals surface area contributed by atoms with E-state index in [2.05, 4.69) is 4.72 Å². The zero-order chi connectivity index (χ0) is 22.7. The molecule has 4 rings (SSSR count). The molecule has 0 saturated heterocycles. The van der Waals surface area contributed by atoms with Crippen LogP contribution in [0.2, 0.25) is 0 Å². The van der Waals surface area contributed by atoms with E-state index in [-0.39, 0.29) is 10.8 Å². The Hall–Kier alpha value is -2.84. The molecule has 6 nitrogen and oxygen atoms in total. The molecule has 8 heteroatoms. The van der Waals surface area contributed by atoms with E-state index in [4.69, 9.17) is 4.74 Å². The number of ether oxygens (including phenoxy) is 1. The molecule has 0 atom stereocenters. The van der Waals surface area contributed by atoms with E-state index < -0.39 is 10.0 Å². The van der Waals surface area contributed by atoms with E-state index in [0.717, 1.165) is 29.5 Å². The number of anilines is 1. The second-order valence-corrected chi connectivity index (χ2v) is 10.4. The summed E-state index contributed by atoms with van der Waals surface area (Å²) in [5, 5.41) is 1.89. The lowest BCUT2D eigenvalue weighted by Gasteiger charge is -2.29. The van der Waals surface area contributed by atoms with E-state index in [9.17, 15) is 13.2 Å². The van der Waals surface area contributed by atoms with Crippen LogP contribution in [0.15, 0.2) is 58.8 Å². The van der Waals surface area contributed by atoms with Gasteiger partial charge in [0.1, 0.15) is 5.75 Å². The molecule has 2 heterocycles. The Bertz CT molecular complexity index is 1220. The summed E-state index contributed by atoms with van der Waals surface area (Å²) < 4.78 is 34.2. The lowest BCUT2D eigenvalue weighted by Crippen LogP contribution is -2.35. The van der Waals surface area contributed by atoms with Crippen molar-refractivity contribution in [2.24, 2.45) is 0 Å². The molecule has 0 unspecified atom stereocenters. The van der Waals surface area contributed by atoms with E-state index in [0.29, 0.717) is 36.0 Å². The number of carbonyl (C=O) groups excluding carboxylic acids is 1. The Labute approximate surface area is 192 Å². The van der Waals surface area contributed by atoms with Gasteiger partial charge in [-0.15, -0.1) is 11.3 Å². The highest BCUT2D eigenvalue weighted by molar-refractivity contribution is 7.92. The number of carbonyl (C=O) groups is 1. The maximum absolute atomic E-state index is 13.0. The number of rotatable bonds is 7. The molecule has 0 spiro atoms. The number of sulfonamides is 1. The SMILES string of the molecule is CCCOc1ccc(S(=O)(=O)Nc2ccc3c(c2)CN(C(=O)c2cccs2)CC3)cc1C. The topological polar surface area (TPSA) is 75.7 Å². The molecule has 0 fully saturated rings. The predicted octanol–water partition coefficient (Wildman–Crippen LogP) is 4.84. The summed E-state index contributed by atoms with van der Waals surface area (Å²) in [4.78, 5) is 15.4. The highest BCUT2D eigenvalue weighted by atomic mass is 32.2. The first-order chi connectivity index (χ1) is 15.4. The van der Waals surface area contributed by atoms with Gasteiger partial charge in [0.25, 0.3) is 15.9 Å². The number of nitrogens with one attached hydrogen (secondary N) is 1. The molecule has 1 aliphatic rings. The van der Waals surface area contributed by atoms with Gasteiger partial charge in [-0.25, -0.2) is 8.42 Å². The van der Waals surface area contributed by atoms with Crippen LogP contribution in [-0.2, 0) is 23.0 Å². The van der Waals surface area contributed by atoms with E-state index >= 15 is 0 Å². The van der Waals surface area contributed by atoms with E-state index in [1.807, 2.05) is 48.4 Å². The van der Waals surface area contributed by atoms with Crippen LogP contribution in [0.1, 0.15) is 39.7 Å². The van der Waals surface area contributed by atoms with Crippen LogP contribution in [-0.4, -0.2) is 32.4 Å². The molecular weight excluding hydrogens is 444 g/mol. The van der Waals surface area contributed by atoms with Crippen molar-refractivity contribution in [3.05, 3.63) is 75.5 Å². The predicted molar refractivity (Wildman–Crippen MR) is 127 cm³/mol. The minimum atomic E-state index is -3.75. The second kappa shape index (κ2) is 9.34. The molecule has 2 aromatic carbocycles. The molecule has 1 N–H and O–H groups in total. The van der Waals surface area contributed by atoms with Crippen molar-refractivity contribution in [3.8, 4) is 5.75 Å². The summed E-state index contributed by atoms with van der Waals surface area (Å²) in [6.45, 7) is 5.56. The Kier molecular flexibility index (Phi) is 6.53. The zero-order valence-electron chi connectivity index (χ0n) is 18.1. The van der Waals surface area contributed by atoms with Crippen molar-refractivity contribution < 1.29 is 17.9 Å². The number of fused-ring (bicyclic) bond motifs is 1. The normalized spacial score (nSPS) is 13.5. The molecule has 168 valence electrons. The third-order valence-electron chi connectivity index (χ3n) is 5.41. The lowest BCUT2D eigenvalue weighted by molar-refractivity contribution is 0.0739. The van der Waals surface area contributed by atoms with Gasteiger partial charge in [0.05, 0.1) is 16.4 Å². The minimum Gasteiger partial charge on any atom is -0.493 e. The van der Waals surface area contributed by atoms with Gasteiger partial charge in [0.15, 0.2) is 0 Å². The van der Waals surface area contributed by atoms with Crippen LogP contribution in [0.5, 0.6) is 5.75 Å². The van der Waals surface area contributed by atoms with Crippen LogP contribution in [0, 0.1) is 6.92 Å². The summed E-state index contributed by atoms with van der Waals surface area (Å²) in [6.07, 6.45) is 1.63. The Balaban J connectivity index is 1.51. The number of hydrogen-bond donors (Lipinski definition) is 1. The Morgan fingerprint density at radius 2 is 2.00 bits per heavy atom. The van der Waals surface area contributed by atoms with Gasteiger partial charge in [0.2, 0.25) is 0 Å². The number of aryl methyl sites for hydroxylation is 1. The Morgan fingerprint density at radius 1 is 1.16 bits per heavy atom. The van der Waals surface area contributed by atoms with Crippen LogP contribution in [0.25, 0.3) is 0 Å². The average molecular weight is 471 g/mol. The highest BCUT2D eigenvalue weighted by Crippen LogP contribution is 2.27. The van der Waals surface area contributed by atoms with Crippen molar-refractivity contribution in [2.45, 2.75) is 38.1 Å². The summed E-state index contributed by atoms with van der Waals surface area (Å²) in [5.74, 6) is 0.701. The van der Waals surface area contributed by atoms with Crippen molar-refractivity contribution >= 4 is 33.0 Å². The molecule has 3 aromatic rings. The smallest absolute Gasteiger partial charge is 0.264 e. The van der Waals surface area contributed by atoms with Crippen LogP contribution >= 0.6 is 11.3 Å². The lowest BCUT2D eigenvalue weighted by atomic mass is 9.99. The maximum Gasteiger partial charge on any atom is 0.264 e. The molecule has 0 aliphatic carbocycles. The van der Waals surface area contributed by atoms with Gasteiger partial charge in [-0.3, -0.25) is 9.52 Å². The van der Waals surface area contributed by atoms with Gasteiger partial charge < -0.3 is 9.64 Å². The van der Waals surface area contributed by atoms with Crippen molar-refractivity contribution in [3.63, 3.8) is 0 Å².